The highest BCUT2D eigenvalue weighted by Gasteiger charge is 2.23. The minimum Gasteiger partial charge on any atom is -0.491 e. The fraction of sp³-hybridized carbons (Fsp3) is 0.500. The minimum absolute atomic E-state index is 0.0197. The number of nitrogens with zero attached hydrogens (tertiary/aromatic N) is 3. The largest absolute Gasteiger partial charge is 0.491 e. The Balaban J connectivity index is 2.08. The molecule has 0 radical (unpaired) electrons. The molecule has 0 aliphatic carbocycles. The van der Waals surface area contributed by atoms with E-state index in [1.54, 1.807) is 23.2 Å². The summed E-state index contributed by atoms with van der Waals surface area (Å²) < 4.78 is 6.28. The standard InChI is InChI=1S/C14H17N3O3/c1-20-12-5-3-7-17(14(12)19)10-13(18)16-6-2-4-11(8-15)9-16/h3,5,7,11H,2,4,6,9-10H2,1H3. The van der Waals surface area contributed by atoms with Crippen LogP contribution in [0.1, 0.15) is 12.8 Å². The number of amides is 1. The van der Waals surface area contributed by atoms with Gasteiger partial charge < -0.3 is 14.2 Å². The summed E-state index contributed by atoms with van der Waals surface area (Å²) in [5.74, 6) is -0.0242. The quantitative estimate of drug-likeness (QED) is 0.810. The van der Waals surface area contributed by atoms with Gasteiger partial charge in [-0.25, -0.2) is 0 Å². The molecule has 2 rings (SSSR count). The van der Waals surface area contributed by atoms with Gasteiger partial charge in [-0.2, -0.15) is 5.26 Å². The Labute approximate surface area is 117 Å². The van der Waals surface area contributed by atoms with E-state index in [4.69, 9.17) is 10.00 Å². The van der Waals surface area contributed by atoms with E-state index < -0.39 is 0 Å². The van der Waals surface area contributed by atoms with Gasteiger partial charge in [-0.05, 0) is 25.0 Å². The molecule has 106 valence electrons. The number of likely N-dealkylation sites (tertiary alicyclic amines) is 1. The lowest BCUT2D eigenvalue weighted by Crippen LogP contribution is -2.42. The van der Waals surface area contributed by atoms with Crippen molar-refractivity contribution in [2.24, 2.45) is 5.92 Å². The molecule has 6 nitrogen and oxygen atoms in total. The highest BCUT2D eigenvalue weighted by Crippen LogP contribution is 2.15. The Kier molecular flexibility index (Phi) is 4.41. The molecule has 1 aliphatic rings. The first-order chi connectivity index (χ1) is 9.65. The predicted molar refractivity (Wildman–Crippen MR) is 72.2 cm³/mol. The van der Waals surface area contributed by atoms with Gasteiger partial charge in [-0.1, -0.05) is 0 Å². The fourth-order valence-electron chi connectivity index (χ4n) is 2.35. The van der Waals surface area contributed by atoms with E-state index in [2.05, 4.69) is 6.07 Å². The molecule has 0 spiro atoms. The Hall–Kier alpha value is -2.29. The van der Waals surface area contributed by atoms with Crippen molar-refractivity contribution >= 4 is 5.91 Å². The third-order valence-electron chi connectivity index (χ3n) is 3.47. The predicted octanol–water partition coefficient (Wildman–Crippen LogP) is 0.619. The van der Waals surface area contributed by atoms with Crippen molar-refractivity contribution in [1.29, 1.82) is 5.26 Å². The van der Waals surface area contributed by atoms with Crippen molar-refractivity contribution in [3.05, 3.63) is 28.7 Å². The van der Waals surface area contributed by atoms with Crippen LogP contribution in [0.2, 0.25) is 0 Å². The highest BCUT2D eigenvalue weighted by molar-refractivity contribution is 5.76. The van der Waals surface area contributed by atoms with E-state index in [-0.39, 0.29) is 29.7 Å². The van der Waals surface area contributed by atoms with Gasteiger partial charge in [0.05, 0.1) is 19.1 Å². The lowest BCUT2D eigenvalue weighted by atomic mass is 10.00. The number of piperidine rings is 1. The molecule has 0 aromatic carbocycles. The molecule has 1 saturated heterocycles. The summed E-state index contributed by atoms with van der Waals surface area (Å²) in [4.78, 5) is 25.8. The molecular weight excluding hydrogens is 258 g/mol. The zero-order valence-corrected chi connectivity index (χ0v) is 11.4. The summed E-state index contributed by atoms with van der Waals surface area (Å²) in [5.41, 5.74) is -0.322. The summed E-state index contributed by atoms with van der Waals surface area (Å²) in [6.45, 7) is 1.08. The van der Waals surface area contributed by atoms with E-state index in [1.807, 2.05) is 0 Å². The van der Waals surface area contributed by atoms with E-state index in [0.29, 0.717) is 13.1 Å². The average Bonchev–Trinajstić information content (AvgIpc) is 2.49. The molecule has 1 atom stereocenters. The fourth-order valence-corrected chi connectivity index (χ4v) is 2.35. The normalized spacial score (nSPS) is 18.4. The average molecular weight is 275 g/mol. The smallest absolute Gasteiger partial charge is 0.293 e. The maximum Gasteiger partial charge on any atom is 0.293 e. The Morgan fingerprint density at radius 1 is 1.60 bits per heavy atom. The third kappa shape index (κ3) is 2.99. The first-order valence-corrected chi connectivity index (χ1v) is 6.56. The number of hydrogen-bond acceptors (Lipinski definition) is 4. The Bertz CT molecular complexity index is 588. The molecule has 0 saturated carbocycles. The summed E-state index contributed by atoms with van der Waals surface area (Å²) in [7, 11) is 1.42. The van der Waals surface area contributed by atoms with Gasteiger partial charge in [0.2, 0.25) is 5.91 Å². The molecule has 1 amide bonds. The summed E-state index contributed by atoms with van der Waals surface area (Å²) in [6, 6.07) is 5.43. The second kappa shape index (κ2) is 6.24. The summed E-state index contributed by atoms with van der Waals surface area (Å²) in [5, 5.41) is 8.93. The third-order valence-corrected chi connectivity index (χ3v) is 3.47. The second-order valence-electron chi connectivity index (χ2n) is 4.82. The number of carbonyl (C=O) groups excluding carboxylic acids is 1. The zero-order valence-electron chi connectivity index (χ0n) is 11.4. The monoisotopic (exact) mass is 275 g/mol. The molecule has 1 unspecified atom stereocenters. The number of pyridine rings is 1. The Morgan fingerprint density at radius 3 is 3.10 bits per heavy atom. The topological polar surface area (TPSA) is 75.3 Å². The number of carbonyl (C=O) groups is 1. The number of nitriles is 1. The molecule has 1 aromatic rings. The van der Waals surface area contributed by atoms with E-state index in [9.17, 15) is 9.59 Å². The highest BCUT2D eigenvalue weighted by atomic mass is 16.5. The van der Waals surface area contributed by atoms with Crippen LogP contribution in [0, 0.1) is 17.2 Å². The lowest BCUT2D eigenvalue weighted by Gasteiger charge is -2.29. The molecular formula is C14H17N3O3. The van der Waals surface area contributed by atoms with Crippen LogP contribution < -0.4 is 10.3 Å². The summed E-state index contributed by atoms with van der Waals surface area (Å²) in [6.07, 6.45) is 3.23. The SMILES string of the molecule is COc1cccn(CC(=O)N2CCCC(C#N)C2)c1=O. The number of methoxy groups -OCH3 is 1. The minimum atomic E-state index is -0.322. The van der Waals surface area contributed by atoms with Crippen LogP contribution in [-0.4, -0.2) is 35.6 Å². The van der Waals surface area contributed by atoms with Crippen molar-refractivity contribution in [3.63, 3.8) is 0 Å². The van der Waals surface area contributed by atoms with Crippen LogP contribution >= 0.6 is 0 Å². The van der Waals surface area contributed by atoms with Gasteiger partial charge in [0.15, 0.2) is 5.75 Å². The number of ether oxygens (including phenoxy) is 1. The molecule has 20 heavy (non-hydrogen) atoms. The van der Waals surface area contributed by atoms with Gasteiger partial charge >= 0.3 is 0 Å². The maximum absolute atomic E-state index is 12.2. The number of rotatable bonds is 3. The van der Waals surface area contributed by atoms with E-state index in [1.165, 1.54) is 11.7 Å². The molecule has 0 N–H and O–H groups in total. The van der Waals surface area contributed by atoms with Gasteiger partial charge in [-0.15, -0.1) is 0 Å². The van der Waals surface area contributed by atoms with E-state index in [0.717, 1.165) is 12.8 Å². The van der Waals surface area contributed by atoms with Crippen molar-refractivity contribution in [1.82, 2.24) is 9.47 Å². The summed E-state index contributed by atoms with van der Waals surface area (Å²) >= 11 is 0. The van der Waals surface area contributed by atoms with Gasteiger partial charge in [0, 0.05) is 19.3 Å². The molecule has 0 bridgehead atoms. The van der Waals surface area contributed by atoms with E-state index >= 15 is 0 Å². The Morgan fingerprint density at radius 2 is 2.40 bits per heavy atom. The van der Waals surface area contributed by atoms with Crippen LogP contribution in [-0.2, 0) is 11.3 Å². The van der Waals surface area contributed by atoms with Crippen LogP contribution in [0.3, 0.4) is 0 Å². The number of aromatic nitrogens is 1. The molecule has 2 heterocycles. The second-order valence-corrected chi connectivity index (χ2v) is 4.82. The van der Waals surface area contributed by atoms with Crippen LogP contribution in [0.15, 0.2) is 23.1 Å². The number of hydrogen-bond donors (Lipinski definition) is 0. The molecule has 6 heteroatoms. The van der Waals surface area contributed by atoms with Crippen LogP contribution in [0.4, 0.5) is 0 Å². The van der Waals surface area contributed by atoms with Crippen molar-refractivity contribution < 1.29 is 9.53 Å². The van der Waals surface area contributed by atoms with Crippen molar-refractivity contribution in [2.45, 2.75) is 19.4 Å². The first kappa shape index (κ1) is 14.1. The van der Waals surface area contributed by atoms with Gasteiger partial charge in [-0.3, -0.25) is 9.59 Å². The van der Waals surface area contributed by atoms with Crippen molar-refractivity contribution in [2.75, 3.05) is 20.2 Å². The van der Waals surface area contributed by atoms with Crippen LogP contribution in [0.25, 0.3) is 0 Å². The maximum atomic E-state index is 12.2. The molecule has 1 fully saturated rings. The molecule has 1 aromatic heterocycles. The van der Waals surface area contributed by atoms with Crippen molar-refractivity contribution in [3.8, 4) is 11.8 Å². The lowest BCUT2D eigenvalue weighted by molar-refractivity contribution is -0.133. The zero-order chi connectivity index (χ0) is 14.5. The molecule has 1 aliphatic heterocycles. The first-order valence-electron chi connectivity index (χ1n) is 6.56. The van der Waals surface area contributed by atoms with Gasteiger partial charge in [0.1, 0.15) is 6.54 Å². The van der Waals surface area contributed by atoms with Gasteiger partial charge in [0.25, 0.3) is 5.56 Å². The van der Waals surface area contributed by atoms with Crippen LogP contribution in [0.5, 0.6) is 5.75 Å².